The molecule has 2 amide bonds. The van der Waals surface area contributed by atoms with E-state index in [1.807, 2.05) is 19.0 Å². The van der Waals surface area contributed by atoms with Crippen LogP contribution in [0.4, 0.5) is 23.7 Å². The molecule has 0 spiro atoms. The number of nitrogens with one attached hydrogen (secondary N) is 2. The Hall–Kier alpha value is -1.96. The lowest BCUT2D eigenvalue weighted by atomic mass is 10.3. The molecule has 0 bridgehead atoms. The summed E-state index contributed by atoms with van der Waals surface area (Å²) in [5.41, 5.74) is 0.377. The molecule has 0 radical (unpaired) electrons. The molecule has 20 heavy (non-hydrogen) atoms. The van der Waals surface area contributed by atoms with Crippen LogP contribution in [0, 0.1) is 0 Å². The van der Waals surface area contributed by atoms with Gasteiger partial charge in [-0.2, -0.15) is 0 Å². The van der Waals surface area contributed by atoms with E-state index >= 15 is 0 Å². The van der Waals surface area contributed by atoms with E-state index in [9.17, 15) is 18.0 Å². The van der Waals surface area contributed by atoms with Gasteiger partial charge in [0.2, 0.25) is 0 Å². The molecule has 0 saturated carbocycles. The molecule has 0 atom stereocenters. The van der Waals surface area contributed by atoms with E-state index in [-0.39, 0.29) is 5.75 Å². The fraction of sp³-hybridized carbons (Fsp3) is 0.417. The Balaban J connectivity index is 2.43. The average Bonchev–Trinajstić information content (AvgIpc) is 2.29. The van der Waals surface area contributed by atoms with Crippen LogP contribution in [0.25, 0.3) is 0 Å². The van der Waals surface area contributed by atoms with Crippen LogP contribution in [0.15, 0.2) is 24.3 Å². The standard InChI is InChI=1S/C12H16F3N3O2/c1-18(2)8-7-16-11(19)17-9-3-5-10(6-4-9)20-12(13,14)15/h3-6H,7-8H2,1-2H3,(H2,16,17,19). The lowest BCUT2D eigenvalue weighted by Gasteiger charge is -2.12. The third kappa shape index (κ3) is 6.83. The first-order valence-electron chi connectivity index (χ1n) is 5.81. The van der Waals surface area contributed by atoms with E-state index < -0.39 is 12.4 Å². The quantitative estimate of drug-likeness (QED) is 0.875. The van der Waals surface area contributed by atoms with Gasteiger partial charge in [0.1, 0.15) is 5.75 Å². The van der Waals surface area contributed by atoms with Crippen molar-refractivity contribution in [1.29, 1.82) is 0 Å². The number of carbonyl (C=O) groups excluding carboxylic acids is 1. The highest BCUT2D eigenvalue weighted by molar-refractivity contribution is 5.89. The minimum Gasteiger partial charge on any atom is -0.406 e. The van der Waals surface area contributed by atoms with Crippen molar-refractivity contribution in [3.63, 3.8) is 0 Å². The minimum absolute atomic E-state index is 0.337. The zero-order valence-corrected chi connectivity index (χ0v) is 11.1. The van der Waals surface area contributed by atoms with E-state index in [0.29, 0.717) is 18.8 Å². The molecule has 0 saturated heterocycles. The summed E-state index contributed by atoms with van der Waals surface area (Å²) < 4.78 is 39.6. The second-order valence-electron chi connectivity index (χ2n) is 4.26. The topological polar surface area (TPSA) is 53.6 Å². The van der Waals surface area contributed by atoms with Crippen LogP contribution in [0.5, 0.6) is 5.75 Å². The highest BCUT2D eigenvalue weighted by Crippen LogP contribution is 2.23. The molecular weight excluding hydrogens is 275 g/mol. The summed E-state index contributed by atoms with van der Waals surface area (Å²) in [7, 11) is 3.75. The number of benzene rings is 1. The molecular formula is C12H16F3N3O2. The van der Waals surface area contributed by atoms with Gasteiger partial charge in [-0.15, -0.1) is 13.2 Å². The fourth-order valence-electron chi connectivity index (χ4n) is 1.31. The number of carbonyl (C=O) groups is 1. The number of hydrogen-bond acceptors (Lipinski definition) is 3. The Morgan fingerprint density at radius 1 is 1.25 bits per heavy atom. The number of amides is 2. The summed E-state index contributed by atoms with van der Waals surface area (Å²) in [5, 5.41) is 5.11. The number of rotatable bonds is 5. The van der Waals surface area contributed by atoms with Gasteiger partial charge >= 0.3 is 12.4 Å². The predicted molar refractivity (Wildman–Crippen MR) is 68.7 cm³/mol. The van der Waals surface area contributed by atoms with Crippen molar-refractivity contribution < 1.29 is 22.7 Å². The van der Waals surface area contributed by atoms with Gasteiger partial charge in [0.15, 0.2) is 0 Å². The highest BCUT2D eigenvalue weighted by atomic mass is 19.4. The molecule has 0 aliphatic carbocycles. The van der Waals surface area contributed by atoms with Crippen LogP contribution in [-0.4, -0.2) is 44.5 Å². The van der Waals surface area contributed by atoms with Crippen molar-refractivity contribution >= 4 is 11.7 Å². The predicted octanol–water partition coefficient (Wildman–Crippen LogP) is 2.27. The van der Waals surface area contributed by atoms with E-state index in [0.717, 1.165) is 12.1 Å². The van der Waals surface area contributed by atoms with Crippen molar-refractivity contribution in [2.75, 3.05) is 32.5 Å². The summed E-state index contributed by atoms with van der Waals surface area (Å²) in [6.07, 6.45) is -4.72. The molecule has 1 aromatic carbocycles. The lowest BCUT2D eigenvalue weighted by Crippen LogP contribution is -2.34. The van der Waals surface area contributed by atoms with Gasteiger partial charge in [-0.1, -0.05) is 0 Å². The van der Waals surface area contributed by atoms with E-state index in [1.54, 1.807) is 0 Å². The number of alkyl halides is 3. The Bertz CT molecular complexity index is 433. The number of likely N-dealkylation sites (N-methyl/N-ethyl adjacent to an activating group) is 1. The smallest absolute Gasteiger partial charge is 0.406 e. The maximum absolute atomic E-state index is 12.0. The number of anilines is 1. The zero-order chi connectivity index (χ0) is 15.2. The molecule has 0 aliphatic heterocycles. The average molecular weight is 291 g/mol. The number of hydrogen-bond donors (Lipinski definition) is 2. The monoisotopic (exact) mass is 291 g/mol. The number of ether oxygens (including phenoxy) is 1. The van der Waals surface area contributed by atoms with Crippen LogP contribution in [-0.2, 0) is 0 Å². The maximum Gasteiger partial charge on any atom is 0.573 e. The number of halogens is 3. The molecule has 2 N–H and O–H groups in total. The Labute approximate surface area is 114 Å². The molecule has 8 heteroatoms. The van der Waals surface area contributed by atoms with E-state index in [2.05, 4.69) is 15.4 Å². The summed E-state index contributed by atoms with van der Waals surface area (Å²) in [5.74, 6) is -0.337. The lowest BCUT2D eigenvalue weighted by molar-refractivity contribution is -0.274. The third-order valence-corrected chi connectivity index (χ3v) is 2.19. The van der Waals surface area contributed by atoms with E-state index in [1.165, 1.54) is 12.1 Å². The molecule has 112 valence electrons. The van der Waals surface area contributed by atoms with Crippen LogP contribution >= 0.6 is 0 Å². The van der Waals surface area contributed by atoms with Crippen molar-refractivity contribution in [1.82, 2.24) is 10.2 Å². The molecule has 0 heterocycles. The fourth-order valence-corrected chi connectivity index (χ4v) is 1.31. The highest BCUT2D eigenvalue weighted by Gasteiger charge is 2.30. The molecule has 0 fully saturated rings. The van der Waals surface area contributed by atoms with E-state index in [4.69, 9.17) is 0 Å². The zero-order valence-electron chi connectivity index (χ0n) is 11.1. The van der Waals surface area contributed by atoms with Crippen molar-refractivity contribution in [2.45, 2.75) is 6.36 Å². The summed E-state index contributed by atoms with van der Waals surface area (Å²) in [6.45, 7) is 1.15. The van der Waals surface area contributed by atoms with Gasteiger partial charge in [-0.3, -0.25) is 0 Å². The SMILES string of the molecule is CN(C)CCNC(=O)Nc1ccc(OC(F)(F)F)cc1. The summed E-state index contributed by atoms with van der Waals surface area (Å²) in [4.78, 5) is 13.4. The number of urea groups is 1. The van der Waals surface area contributed by atoms with Gasteiger partial charge in [0.25, 0.3) is 0 Å². The van der Waals surface area contributed by atoms with Crippen molar-refractivity contribution in [3.05, 3.63) is 24.3 Å². The first-order chi connectivity index (χ1) is 9.26. The van der Waals surface area contributed by atoms with Crippen LogP contribution < -0.4 is 15.4 Å². The first kappa shape index (κ1) is 16.1. The first-order valence-corrected chi connectivity index (χ1v) is 5.81. The molecule has 1 aromatic rings. The van der Waals surface area contributed by atoms with Crippen LogP contribution in [0.3, 0.4) is 0 Å². The molecule has 0 unspecified atom stereocenters. The Morgan fingerprint density at radius 3 is 2.35 bits per heavy atom. The summed E-state index contributed by atoms with van der Waals surface area (Å²) in [6, 6.07) is 4.49. The van der Waals surface area contributed by atoms with Gasteiger partial charge < -0.3 is 20.3 Å². The summed E-state index contributed by atoms with van der Waals surface area (Å²) >= 11 is 0. The maximum atomic E-state index is 12.0. The minimum atomic E-state index is -4.72. The van der Waals surface area contributed by atoms with Crippen LogP contribution in [0.2, 0.25) is 0 Å². The van der Waals surface area contributed by atoms with Crippen molar-refractivity contribution in [3.8, 4) is 5.75 Å². The molecule has 0 aromatic heterocycles. The number of nitrogens with zero attached hydrogens (tertiary/aromatic N) is 1. The molecule has 5 nitrogen and oxygen atoms in total. The Morgan fingerprint density at radius 2 is 1.85 bits per heavy atom. The van der Waals surface area contributed by atoms with Gasteiger partial charge in [-0.05, 0) is 38.4 Å². The van der Waals surface area contributed by atoms with Crippen LogP contribution in [0.1, 0.15) is 0 Å². The van der Waals surface area contributed by atoms with Gasteiger partial charge in [0, 0.05) is 18.8 Å². The largest absolute Gasteiger partial charge is 0.573 e. The molecule has 0 aliphatic rings. The molecule has 1 rings (SSSR count). The van der Waals surface area contributed by atoms with Gasteiger partial charge in [0.05, 0.1) is 0 Å². The third-order valence-electron chi connectivity index (χ3n) is 2.19. The second kappa shape index (κ2) is 6.99. The Kier molecular flexibility index (Phi) is 5.63. The van der Waals surface area contributed by atoms with Crippen molar-refractivity contribution in [2.24, 2.45) is 0 Å². The normalized spacial score (nSPS) is 11.3. The second-order valence-corrected chi connectivity index (χ2v) is 4.26. The van der Waals surface area contributed by atoms with Gasteiger partial charge in [-0.25, -0.2) is 4.79 Å².